The van der Waals surface area contributed by atoms with Gasteiger partial charge in [-0.1, -0.05) is 19.4 Å². The number of unbranched alkanes of at least 4 members (excludes halogenated alkanes) is 1. The topological polar surface area (TPSA) is 79.0 Å². The van der Waals surface area contributed by atoms with E-state index >= 15 is 0 Å². The summed E-state index contributed by atoms with van der Waals surface area (Å²) in [6, 6.07) is 7.15. The maximum absolute atomic E-state index is 10.00. The predicted molar refractivity (Wildman–Crippen MR) is 80.8 cm³/mol. The predicted octanol–water partition coefficient (Wildman–Crippen LogP) is 1.10. The van der Waals surface area contributed by atoms with Crippen LogP contribution in [0.2, 0.25) is 0 Å². The number of nitrogens with two attached hydrogens (primary N) is 1. The molecule has 1 atom stereocenters. The molecule has 4 N–H and O–H groups in total. The summed E-state index contributed by atoms with van der Waals surface area (Å²) in [6.45, 7) is 4.41. The summed E-state index contributed by atoms with van der Waals surface area (Å²) in [7, 11) is 0. The van der Waals surface area contributed by atoms with Crippen LogP contribution >= 0.6 is 0 Å². The summed E-state index contributed by atoms with van der Waals surface area (Å²) in [5.41, 5.74) is 6.30. The van der Waals surface area contributed by atoms with E-state index in [9.17, 15) is 5.11 Å². The molecule has 0 radical (unpaired) electrons. The molecular weight excluding hydrogens is 256 g/mol. The van der Waals surface area contributed by atoms with Gasteiger partial charge in [-0.2, -0.15) is 0 Å². The quantitative estimate of drug-likeness (QED) is 0.560. The lowest BCUT2D eigenvalue weighted by molar-refractivity contribution is 0.0613. The van der Waals surface area contributed by atoms with Crippen molar-refractivity contribution in [2.75, 3.05) is 38.6 Å². The summed E-state index contributed by atoms with van der Waals surface area (Å²) in [6.07, 6.45) is 1.57. The molecule has 0 aliphatic heterocycles. The molecule has 1 aromatic rings. The average Bonchev–Trinajstić information content (AvgIpc) is 2.43. The smallest absolute Gasteiger partial charge is 0.121 e. The second-order valence-corrected chi connectivity index (χ2v) is 4.92. The third kappa shape index (κ3) is 6.75. The van der Waals surface area contributed by atoms with Gasteiger partial charge in [-0.15, -0.1) is 0 Å². The Balaban J connectivity index is 2.35. The Morgan fingerprint density at radius 1 is 1.35 bits per heavy atom. The van der Waals surface area contributed by atoms with Crippen LogP contribution in [0.4, 0.5) is 5.69 Å². The van der Waals surface area contributed by atoms with Crippen LogP contribution in [0.5, 0.6) is 5.75 Å². The van der Waals surface area contributed by atoms with E-state index in [2.05, 4.69) is 11.8 Å². The first-order valence-corrected chi connectivity index (χ1v) is 7.15. The standard InChI is InChI=1S/C15H26N2O3/c1-2-3-7-17(8-9-18)11-14(19)12-20-15-6-4-5-13(16)10-15/h4-6,10,14,18-19H,2-3,7-9,11-12,16H2,1H3. The third-order valence-electron chi connectivity index (χ3n) is 3.01. The molecule has 1 aromatic carbocycles. The summed E-state index contributed by atoms with van der Waals surface area (Å²) in [5, 5.41) is 19.0. The lowest BCUT2D eigenvalue weighted by Gasteiger charge is -2.24. The van der Waals surface area contributed by atoms with E-state index in [1.54, 1.807) is 12.1 Å². The Bertz CT molecular complexity index is 374. The number of aliphatic hydroxyl groups excluding tert-OH is 2. The molecule has 0 amide bonds. The Morgan fingerprint density at radius 3 is 2.80 bits per heavy atom. The van der Waals surface area contributed by atoms with Gasteiger partial charge in [-0.3, -0.25) is 4.90 Å². The highest BCUT2D eigenvalue weighted by molar-refractivity contribution is 5.43. The van der Waals surface area contributed by atoms with Crippen molar-refractivity contribution >= 4 is 5.69 Å². The van der Waals surface area contributed by atoms with Gasteiger partial charge in [-0.25, -0.2) is 0 Å². The number of aliphatic hydroxyl groups is 2. The fourth-order valence-electron chi connectivity index (χ4n) is 1.97. The van der Waals surface area contributed by atoms with Crippen LogP contribution < -0.4 is 10.5 Å². The average molecular weight is 282 g/mol. The molecule has 114 valence electrons. The Labute approximate surface area is 121 Å². The van der Waals surface area contributed by atoms with Gasteiger partial charge in [0.2, 0.25) is 0 Å². The molecule has 1 unspecified atom stereocenters. The highest BCUT2D eigenvalue weighted by Gasteiger charge is 2.12. The number of benzene rings is 1. The van der Waals surface area contributed by atoms with Crippen molar-refractivity contribution in [1.29, 1.82) is 0 Å². The van der Waals surface area contributed by atoms with Crippen molar-refractivity contribution in [2.45, 2.75) is 25.9 Å². The van der Waals surface area contributed by atoms with Crippen molar-refractivity contribution in [3.63, 3.8) is 0 Å². The Hall–Kier alpha value is -1.30. The van der Waals surface area contributed by atoms with Gasteiger partial charge >= 0.3 is 0 Å². The van der Waals surface area contributed by atoms with Crippen molar-refractivity contribution in [3.05, 3.63) is 24.3 Å². The van der Waals surface area contributed by atoms with E-state index in [1.165, 1.54) is 0 Å². The summed E-state index contributed by atoms with van der Waals surface area (Å²) in [5.74, 6) is 0.659. The van der Waals surface area contributed by atoms with E-state index in [4.69, 9.17) is 15.6 Å². The zero-order chi connectivity index (χ0) is 14.8. The van der Waals surface area contributed by atoms with Crippen LogP contribution in [0.25, 0.3) is 0 Å². The zero-order valence-electron chi connectivity index (χ0n) is 12.2. The van der Waals surface area contributed by atoms with Crippen LogP contribution in [0, 0.1) is 0 Å². The minimum absolute atomic E-state index is 0.104. The SMILES string of the molecule is CCCCN(CCO)CC(O)COc1cccc(N)c1. The highest BCUT2D eigenvalue weighted by atomic mass is 16.5. The molecule has 0 heterocycles. The molecular formula is C15H26N2O3. The molecule has 5 nitrogen and oxygen atoms in total. The van der Waals surface area contributed by atoms with Gasteiger partial charge in [-0.05, 0) is 25.1 Å². The van der Waals surface area contributed by atoms with Gasteiger partial charge in [0.25, 0.3) is 0 Å². The Kier molecular flexibility index (Phi) is 8.02. The van der Waals surface area contributed by atoms with E-state index in [-0.39, 0.29) is 13.2 Å². The van der Waals surface area contributed by atoms with Crippen molar-refractivity contribution in [1.82, 2.24) is 4.90 Å². The molecule has 0 spiro atoms. The second-order valence-electron chi connectivity index (χ2n) is 4.92. The number of rotatable bonds is 10. The van der Waals surface area contributed by atoms with E-state index in [0.717, 1.165) is 19.4 Å². The van der Waals surface area contributed by atoms with Crippen molar-refractivity contribution in [3.8, 4) is 5.75 Å². The van der Waals surface area contributed by atoms with Gasteiger partial charge < -0.3 is 20.7 Å². The first-order valence-electron chi connectivity index (χ1n) is 7.15. The number of ether oxygens (including phenoxy) is 1. The monoisotopic (exact) mass is 282 g/mol. The summed E-state index contributed by atoms with van der Waals surface area (Å²) in [4.78, 5) is 2.05. The highest BCUT2D eigenvalue weighted by Crippen LogP contribution is 2.14. The molecule has 5 heteroatoms. The first-order chi connectivity index (χ1) is 9.65. The van der Waals surface area contributed by atoms with Gasteiger partial charge in [0.15, 0.2) is 0 Å². The minimum Gasteiger partial charge on any atom is -0.491 e. The number of anilines is 1. The maximum Gasteiger partial charge on any atom is 0.121 e. The van der Waals surface area contributed by atoms with Crippen molar-refractivity contribution in [2.24, 2.45) is 0 Å². The number of nitrogens with zero attached hydrogens (tertiary/aromatic N) is 1. The molecule has 0 bridgehead atoms. The molecule has 0 saturated carbocycles. The number of hydrogen-bond donors (Lipinski definition) is 3. The maximum atomic E-state index is 10.00. The molecule has 0 aliphatic carbocycles. The lowest BCUT2D eigenvalue weighted by Crippen LogP contribution is -2.37. The van der Waals surface area contributed by atoms with Gasteiger partial charge in [0.1, 0.15) is 18.5 Å². The largest absolute Gasteiger partial charge is 0.491 e. The summed E-state index contributed by atoms with van der Waals surface area (Å²) < 4.78 is 5.51. The van der Waals surface area contributed by atoms with Crippen LogP contribution in [0.1, 0.15) is 19.8 Å². The molecule has 20 heavy (non-hydrogen) atoms. The number of nitrogen functional groups attached to an aromatic ring is 1. The number of hydrogen-bond acceptors (Lipinski definition) is 5. The fourth-order valence-corrected chi connectivity index (χ4v) is 1.97. The summed E-state index contributed by atoms with van der Waals surface area (Å²) >= 11 is 0. The van der Waals surface area contributed by atoms with Crippen LogP contribution in [-0.4, -0.2) is 54.1 Å². The van der Waals surface area contributed by atoms with E-state index < -0.39 is 6.10 Å². The fraction of sp³-hybridized carbons (Fsp3) is 0.600. The third-order valence-corrected chi connectivity index (χ3v) is 3.01. The zero-order valence-corrected chi connectivity index (χ0v) is 12.2. The van der Waals surface area contributed by atoms with E-state index in [0.29, 0.717) is 24.5 Å². The first kappa shape index (κ1) is 16.8. The van der Waals surface area contributed by atoms with Gasteiger partial charge in [0.05, 0.1) is 6.61 Å². The van der Waals surface area contributed by atoms with Crippen LogP contribution in [0.15, 0.2) is 24.3 Å². The van der Waals surface area contributed by atoms with Crippen LogP contribution in [-0.2, 0) is 0 Å². The molecule has 0 saturated heterocycles. The van der Waals surface area contributed by atoms with E-state index in [1.807, 2.05) is 12.1 Å². The second kappa shape index (κ2) is 9.58. The molecule has 0 fully saturated rings. The lowest BCUT2D eigenvalue weighted by atomic mass is 10.2. The minimum atomic E-state index is -0.583. The van der Waals surface area contributed by atoms with Gasteiger partial charge in [0, 0.05) is 24.8 Å². The molecule has 0 aromatic heterocycles. The van der Waals surface area contributed by atoms with Crippen molar-refractivity contribution < 1.29 is 14.9 Å². The van der Waals surface area contributed by atoms with Crippen LogP contribution in [0.3, 0.4) is 0 Å². The molecule has 0 aliphatic rings. The Morgan fingerprint density at radius 2 is 2.15 bits per heavy atom. The molecule has 1 rings (SSSR count). The normalized spacial score (nSPS) is 12.6.